The molecule has 0 bridgehead atoms. The normalized spacial score (nSPS) is 17.1. The minimum absolute atomic E-state index is 0. The van der Waals surface area contributed by atoms with Crippen LogP contribution in [0.2, 0.25) is 0 Å². The van der Waals surface area contributed by atoms with Gasteiger partial charge in [-0.25, -0.2) is 0 Å². The molecule has 0 saturated heterocycles. The van der Waals surface area contributed by atoms with Gasteiger partial charge in [0.25, 0.3) is 0 Å². The van der Waals surface area contributed by atoms with E-state index in [-0.39, 0.29) is 36.0 Å². The Hall–Kier alpha value is -1.66. The van der Waals surface area contributed by atoms with Gasteiger partial charge in [-0.3, -0.25) is 4.98 Å². The van der Waals surface area contributed by atoms with E-state index in [9.17, 15) is 0 Å². The van der Waals surface area contributed by atoms with E-state index in [2.05, 4.69) is 67.1 Å². The number of hydrogen-bond acceptors (Lipinski definition) is 3. The van der Waals surface area contributed by atoms with Crippen molar-refractivity contribution in [1.29, 1.82) is 0 Å². The number of rotatable bonds is 2. The van der Waals surface area contributed by atoms with Gasteiger partial charge in [-0.1, -0.05) is 56.3 Å². The largest absolute Gasteiger partial charge is 0.395 e. The molecule has 1 aromatic heterocycles. The van der Waals surface area contributed by atoms with E-state index >= 15 is 0 Å². The monoisotopic (exact) mass is 462 g/mol. The summed E-state index contributed by atoms with van der Waals surface area (Å²) in [5, 5.41) is 10.3. The summed E-state index contributed by atoms with van der Waals surface area (Å²) < 4.78 is 0. The van der Waals surface area contributed by atoms with Gasteiger partial charge in [-0.2, -0.15) is 0 Å². The van der Waals surface area contributed by atoms with Crippen molar-refractivity contribution in [2.24, 2.45) is 0 Å². The van der Waals surface area contributed by atoms with E-state index in [0.717, 1.165) is 12.1 Å². The summed E-state index contributed by atoms with van der Waals surface area (Å²) >= 11 is 0. The fourth-order valence-electron chi connectivity index (χ4n) is 3.53. The van der Waals surface area contributed by atoms with Crippen LogP contribution in [-0.2, 0) is 5.41 Å². The number of aromatic nitrogens is 1. The zero-order valence-corrected chi connectivity index (χ0v) is 17.9. The molecule has 0 radical (unpaired) electrons. The van der Waals surface area contributed by atoms with E-state index in [1.807, 2.05) is 30.5 Å². The summed E-state index contributed by atoms with van der Waals surface area (Å²) in [5.74, 6) is 0. The zero-order valence-electron chi connectivity index (χ0n) is 15.6. The van der Waals surface area contributed by atoms with Crippen LogP contribution in [0.25, 0.3) is 10.9 Å². The van der Waals surface area contributed by atoms with Gasteiger partial charge in [0.2, 0.25) is 0 Å². The van der Waals surface area contributed by atoms with Crippen LogP contribution in [0.4, 0.5) is 5.69 Å². The lowest BCUT2D eigenvalue weighted by atomic mass is 9.81. The van der Waals surface area contributed by atoms with Crippen molar-refractivity contribution < 1.29 is 5.11 Å². The highest BCUT2D eigenvalue weighted by atomic mass is 127. The maximum absolute atomic E-state index is 9.10. The van der Waals surface area contributed by atoms with Gasteiger partial charge in [0.15, 0.2) is 0 Å². The number of fused-ring (bicyclic) bond motifs is 2. The van der Waals surface area contributed by atoms with Gasteiger partial charge in [0.1, 0.15) is 0 Å². The number of β-amino-alcohol motifs (C(OH)–C–C–N with tert-alkyl or cyclic N) is 1. The number of halogens is 1. The molecule has 0 fully saturated rings. The second-order valence-corrected chi connectivity index (χ2v) is 7.03. The molecule has 4 heteroatoms. The first-order valence-corrected chi connectivity index (χ1v) is 8.82. The average Bonchev–Trinajstić information content (AvgIpc) is 2.84. The van der Waals surface area contributed by atoms with E-state index < -0.39 is 0 Å². The van der Waals surface area contributed by atoms with Gasteiger partial charge in [0, 0.05) is 35.3 Å². The van der Waals surface area contributed by atoms with Crippen molar-refractivity contribution >= 4 is 40.6 Å². The highest BCUT2D eigenvalue weighted by Crippen LogP contribution is 2.44. The molecule has 4 rings (SSSR count). The molecule has 26 heavy (non-hydrogen) atoms. The standard InChI is InChI=1S/C13H19NO.C9H7N.HI/c1-10-13(2,3)11-6-4-5-7-12(11)14(10)8-9-15;1-2-6-9-8(4-1)5-3-7-10-9;/h4-7,10,15H,8-9H2,1-3H3;1-7H;1H. The molecule has 1 aliphatic rings. The smallest absolute Gasteiger partial charge is 0.0701 e. The zero-order chi connectivity index (χ0) is 17.9. The van der Waals surface area contributed by atoms with Crippen molar-refractivity contribution in [3.05, 3.63) is 72.4 Å². The van der Waals surface area contributed by atoms with Gasteiger partial charge in [0.05, 0.1) is 12.1 Å². The molecule has 1 atom stereocenters. The summed E-state index contributed by atoms with van der Waals surface area (Å²) in [4.78, 5) is 6.48. The van der Waals surface area contributed by atoms with Crippen LogP contribution >= 0.6 is 24.0 Å². The van der Waals surface area contributed by atoms with Crippen LogP contribution in [0, 0.1) is 0 Å². The van der Waals surface area contributed by atoms with Crippen molar-refractivity contribution in [1.82, 2.24) is 4.98 Å². The second kappa shape index (κ2) is 8.82. The molecule has 2 heterocycles. The number of para-hydroxylation sites is 2. The van der Waals surface area contributed by atoms with Gasteiger partial charge in [-0.05, 0) is 30.7 Å². The molecule has 1 aliphatic heterocycles. The molecule has 1 unspecified atom stereocenters. The number of anilines is 1. The summed E-state index contributed by atoms with van der Waals surface area (Å²) in [5.41, 5.74) is 3.91. The first-order valence-electron chi connectivity index (χ1n) is 8.82. The van der Waals surface area contributed by atoms with Crippen molar-refractivity contribution in [2.75, 3.05) is 18.1 Å². The molecule has 0 saturated carbocycles. The summed E-state index contributed by atoms with van der Waals surface area (Å²) in [6.45, 7) is 7.72. The fourth-order valence-corrected chi connectivity index (χ4v) is 3.53. The van der Waals surface area contributed by atoms with Crippen LogP contribution in [0.5, 0.6) is 0 Å². The Labute approximate surface area is 173 Å². The predicted octanol–water partition coefficient (Wildman–Crippen LogP) is 5.02. The van der Waals surface area contributed by atoms with Gasteiger partial charge in [-0.15, -0.1) is 24.0 Å². The van der Waals surface area contributed by atoms with Crippen molar-refractivity contribution in [2.45, 2.75) is 32.2 Å². The average molecular weight is 462 g/mol. The number of hydrogen-bond donors (Lipinski definition) is 1. The molecular formula is C22H27IN2O. The van der Waals surface area contributed by atoms with Crippen molar-refractivity contribution in [3.8, 4) is 0 Å². The van der Waals surface area contributed by atoms with Crippen LogP contribution in [0.3, 0.4) is 0 Å². The molecule has 0 aliphatic carbocycles. The lowest BCUT2D eigenvalue weighted by Gasteiger charge is -2.31. The van der Waals surface area contributed by atoms with Gasteiger partial charge < -0.3 is 10.0 Å². The predicted molar refractivity (Wildman–Crippen MR) is 121 cm³/mol. The van der Waals surface area contributed by atoms with Crippen molar-refractivity contribution in [3.63, 3.8) is 0 Å². The molecule has 1 N–H and O–H groups in total. The SMILES string of the molecule is CC1N(CCO)c2ccccc2C1(C)C.I.c1ccc2ncccc2c1. The lowest BCUT2D eigenvalue weighted by Crippen LogP contribution is -2.40. The molecule has 138 valence electrons. The highest BCUT2D eigenvalue weighted by molar-refractivity contribution is 14.0. The van der Waals surface area contributed by atoms with E-state index in [1.165, 1.54) is 16.6 Å². The molecular weight excluding hydrogens is 435 g/mol. The quantitative estimate of drug-likeness (QED) is 0.544. The second-order valence-electron chi connectivity index (χ2n) is 7.03. The Bertz CT molecular complexity index is 785. The maximum Gasteiger partial charge on any atom is 0.0701 e. The Morgan fingerprint density at radius 3 is 2.38 bits per heavy atom. The third kappa shape index (κ3) is 4.01. The molecule has 0 spiro atoms. The van der Waals surface area contributed by atoms with Crippen LogP contribution in [0.15, 0.2) is 66.9 Å². The van der Waals surface area contributed by atoms with E-state index in [1.54, 1.807) is 0 Å². The minimum Gasteiger partial charge on any atom is -0.395 e. The van der Waals surface area contributed by atoms with Crippen LogP contribution < -0.4 is 4.90 Å². The van der Waals surface area contributed by atoms with E-state index in [0.29, 0.717) is 6.04 Å². The maximum atomic E-state index is 9.10. The Morgan fingerprint density at radius 2 is 1.65 bits per heavy atom. The minimum atomic E-state index is 0. The van der Waals surface area contributed by atoms with Crippen LogP contribution in [0.1, 0.15) is 26.3 Å². The number of nitrogens with zero attached hydrogens (tertiary/aromatic N) is 2. The van der Waals surface area contributed by atoms with E-state index in [4.69, 9.17) is 5.11 Å². The lowest BCUT2D eigenvalue weighted by molar-refractivity contribution is 0.293. The molecule has 0 amide bonds. The van der Waals surface area contributed by atoms with Crippen LogP contribution in [-0.4, -0.2) is 29.3 Å². The first-order chi connectivity index (χ1) is 12.1. The summed E-state index contributed by atoms with van der Waals surface area (Å²) in [6, 6.07) is 21.0. The summed E-state index contributed by atoms with van der Waals surface area (Å²) in [6.07, 6.45) is 1.81. The topological polar surface area (TPSA) is 36.4 Å². The Kier molecular flexibility index (Phi) is 7.01. The first kappa shape index (κ1) is 20.6. The molecule has 3 aromatic rings. The number of benzene rings is 2. The molecule has 2 aromatic carbocycles. The molecule has 3 nitrogen and oxygen atoms in total. The fraction of sp³-hybridized carbons (Fsp3) is 0.318. The third-order valence-electron chi connectivity index (χ3n) is 5.27. The third-order valence-corrected chi connectivity index (χ3v) is 5.27. The number of aliphatic hydroxyl groups is 1. The van der Waals surface area contributed by atoms with Gasteiger partial charge >= 0.3 is 0 Å². The Balaban J connectivity index is 0.000000193. The Morgan fingerprint density at radius 1 is 1.00 bits per heavy atom. The summed E-state index contributed by atoms with van der Waals surface area (Å²) in [7, 11) is 0. The number of aliphatic hydroxyl groups excluding tert-OH is 1. The highest BCUT2D eigenvalue weighted by Gasteiger charge is 2.40. The number of pyridine rings is 1.